The second-order valence-electron chi connectivity index (χ2n) is 3.95. The third kappa shape index (κ3) is 1.40. The molecule has 1 aliphatic heterocycles. The standard InChI is InChI=1S/C11H12BrN3/c1-7-4-8(12)5-9-11(7)15-3-2-13-6-10(15)14-9/h4-5,13H,2-3,6H2,1H3. The zero-order valence-corrected chi connectivity index (χ0v) is 10.1. The molecular formula is C11H12BrN3. The van der Waals surface area contributed by atoms with Gasteiger partial charge in [-0.3, -0.25) is 0 Å². The summed E-state index contributed by atoms with van der Waals surface area (Å²) in [6.45, 7) is 5.08. The van der Waals surface area contributed by atoms with Gasteiger partial charge in [-0.05, 0) is 24.6 Å². The summed E-state index contributed by atoms with van der Waals surface area (Å²) in [4.78, 5) is 4.65. The van der Waals surface area contributed by atoms with Gasteiger partial charge in [0.15, 0.2) is 0 Å². The number of fused-ring (bicyclic) bond motifs is 3. The van der Waals surface area contributed by atoms with E-state index in [-0.39, 0.29) is 0 Å². The third-order valence-corrected chi connectivity index (χ3v) is 3.33. The van der Waals surface area contributed by atoms with Gasteiger partial charge in [-0.2, -0.15) is 0 Å². The highest BCUT2D eigenvalue weighted by atomic mass is 79.9. The molecular weight excluding hydrogens is 254 g/mol. The van der Waals surface area contributed by atoms with E-state index in [2.05, 4.69) is 49.9 Å². The molecule has 0 fully saturated rings. The quantitative estimate of drug-likeness (QED) is 0.792. The molecule has 0 bridgehead atoms. The van der Waals surface area contributed by atoms with E-state index in [0.29, 0.717) is 0 Å². The van der Waals surface area contributed by atoms with Gasteiger partial charge >= 0.3 is 0 Å². The number of hydrogen-bond donors (Lipinski definition) is 1. The number of nitrogens with one attached hydrogen (secondary N) is 1. The maximum atomic E-state index is 4.65. The maximum Gasteiger partial charge on any atom is 0.123 e. The number of aryl methyl sites for hydroxylation is 1. The molecule has 0 atom stereocenters. The zero-order valence-electron chi connectivity index (χ0n) is 8.55. The van der Waals surface area contributed by atoms with Gasteiger partial charge < -0.3 is 9.88 Å². The lowest BCUT2D eigenvalue weighted by Crippen LogP contribution is -2.28. The van der Waals surface area contributed by atoms with Crippen LogP contribution in [0.1, 0.15) is 11.4 Å². The van der Waals surface area contributed by atoms with Crippen molar-refractivity contribution in [2.24, 2.45) is 0 Å². The fraction of sp³-hybridized carbons (Fsp3) is 0.364. The van der Waals surface area contributed by atoms with Crippen molar-refractivity contribution in [1.82, 2.24) is 14.9 Å². The number of aromatic nitrogens is 2. The Morgan fingerprint density at radius 1 is 1.47 bits per heavy atom. The van der Waals surface area contributed by atoms with Crippen molar-refractivity contribution in [3.8, 4) is 0 Å². The maximum absolute atomic E-state index is 4.65. The first kappa shape index (κ1) is 9.36. The van der Waals surface area contributed by atoms with Crippen LogP contribution in [0.2, 0.25) is 0 Å². The van der Waals surface area contributed by atoms with E-state index in [1.165, 1.54) is 11.1 Å². The molecule has 3 rings (SSSR count). The van der Waals surface area contributed by atoms with Crippen LogP contribution in [0, 0.1) is 6.92 Å². The lowest BCUT2D eigenvalue weighted by atomic mass is 10.2. The van der Waals surface area contributed by atoms with E-state index in [9.17, 15) is 0 Å². The van der Waals surface area contributed by atoms with E-state index in [1.807, 2.05) is 0 Å². The van der Waals surface area contributed by atoms with E-state index in [4.69, 9.17) is 0 Å². The predicted octanol–water partition coefficient (Wildman–Crippen LogP) is 2.21. The first-order chi connectivity index (χ1) is 7.25. The number of hydrogen-bond acceptors (Lipinski definition) is 2. The van der Waals surface area contributed by atoms with Crippen LogP contribution in [0.15, 0.2) is 16.6 Å². The van der Waals surface area contributed by atoms with Crippen LogP contribution in [0.5, 0.6) is 0 Å². The van der Waals surface area contributed by atoms with Gasteiger partial charge in [0.05, 0.1) is 17.6 Å². The molecule has 0 saturated heterocycles. The molecule has 1 N–H and O–H groups in total. The van der Waals surface area contributed by atoms with Gasteiger partial charge in [-0.15, -0.1) is 0 Å². The Bertz CT molecular complexity index is 530. The SMILES string of the molecule is Cc1cc(Br)cc2nc3n(c12)CCNC3. The van der Waals surface area contributed by atoms with Crippen molar-refractivity contribution in [3.63, 3.8) is 0 Å². The van der Waals surface area contributed by atoms with E-state index < -0.39 is 0 Å². The molecule has 78 valence electrons. The molecule has 1 aromatic heterocycles. The highest BCUT2D eigenvalue weighted by Crippen LogP contribution is 2.25. The van der Waals surface area contributed by atoms with Gasteiger partial charge in [0, 0.05) is 17.6 Å². The van der Waals surface area contributed by atoms with E-state index >= 15 is 0 Å². The first-order valence-electron chi connectivity index (χ1n) is 5.11. The molecule has 15 heavy (non-hydrogen) atoms. The second kappa shape index (κ2) is 3.32. The summed E-state index contributed by atoms with van der Waals surface area (Å²) < 4.78 is 3.43. The van der Waals surface area contributed by atoms with Crippen molar-refractivity contribution in [1.29, 1.82) is 0 Å². The molecule has 0 unspecified atom stereocenters. The number of benzene rings is 1. The van der Waals surface area contributed by atoms with Gasteiger partial charge in [0.2, 0.25) is 0 Å². The molecule has 0 radical (unpaired) electrons. The van der Waals surface area contributed by atoms with Crippen LogP contribution in [-0.2, 0) is 13.1 Å². The average Bonchev–Trinajstić information content (AvgIpc) is 2.54. The lowest BCUT2D eigenvalue weighted by Gasteiger charge is -2.16. The predicted molar refractivity (Wildman–Crippen MR) is 63.9 cm³/mol. The molecule has 2 aromatic rings. The van der Waals surface area contributed by atoms with Crippen molar-refractivity contribution in [3.05, 3.63) is 28.0 Å². The summed E-state index contributed by atoms with van der Waals surface area (Å²) in [7, 11) is 0. The van der Waals surface area contributed by atoms with Gasteiger partial charge in [0.25, 0.3) is 0 Å². The number of halogens is 1. The molecule has 0 spiro atoms. The van der Waals surface area contributed by atoms with E-state index in [0.717, 1.165) is 35.4 Å². The fourth-order valence-electron chi connectivity index (χ4n) is 2.25. The van der Waals surface area contributed by atoms with Gasteiger partial charge in [-0.1, -0.05) is 15.9 Å². The largest absolute Gasteiger partial charge is 0.325 e. The molecule has 0 amide bonds. The van der Waals surface area contributed by atoms with Gasteiger partial charge in [0.1, 0.15) is 5.82 Å². The molecule has 3 nitrogen and oxygen atoms in total. The Kier molecular flexibility index (Phi) is 2.07. The summed E-state index contributed by atoms with van der Waals surface area (Å²) in [5.41, 5.74) is 3.68. The molecule has 0 aliphatic carbocycles. The Labute approximate surface area is 96.6 Å². The number of imidazole rings is 1. The van der Waals surface area contributed by atoms with E-state index in [1.54, 1.807) is 0 Å². The molecule has 0 saturated carbocycles. The summed E-state index contributed by atoms with van der Waals surface area (Å²) in [6.07, 6.45) is 0. The van der Waals surface area contributed by atoms with Gasteiger partial charge in [-0.25, -0.2) is 4.98 Å². The Hall–Kier alpha value is -0.870. The third-order valence-electron chi connectivity index (χ3n) is 2.87. The monoisotopic (exact) mass is 265 g/mol. The molecule has 4 heteroatoms. The van der Waals surface area contributed by atoms with Crippen molar-refractivity contribution >= 4 is 27.0 Å². The van der Waals surface area contributed by atoms with Crippen LogP contribution >= 0.6 is 15.9 Å². The fourth-order valence-corrected chi connectivity index (χ4v) is 2.81. The van der Waals surface area contributed by atoms with Crippen molar-refractivity contribution < 1.29 is 0 Å². The Morgan fingerprint density at radius 2 is 2.33 bits per heavy atom. The molecule has 1 aliphatic rings. The molecule has 2 heterocycles. The van der Waals surface area contributed by atoms with Crippen LogP contribution in [0.4, 0.5) is 0 Å². The van der Waals surface area contributed by atoms with Crippen LogP contribution < -0.4 is 5.32 Å². The normalized spacial score (nSPS) is 15.6. The highest BCUT2D eigenvalue weighted by Gasteiger charge is 2.15. The van der Waals surface area contributed by atoms with Crippen LogP contribution in [-0.4, -0.2) is 16.1 Å². The number of rotatable bonds is 0. The number of nitrogens with zero attached hydrogens (tertiary/aromatic N) is 2. The Balaban J connectivity index is 2.37. The second-order valence-corrected chi connectivity index (χ2v) is 4.86. The minimum absolute atomic E-state index is 0.881. The smallest absolute Gasteiger partial charge is 0.123 e. The first-order valence-corrected chi connectivity index (χ1v) is 5.91. The summed E-state index contributed by atoms with van der Waals surface area (Å²) >= 11 is 3.51. The topological polar surface area (TPSA) is 29.9 Å². The van der Waals surface area contributed by atoms with Crippen LogP contribution in [0.25, 0.3) is 11.0 Å². The molecule has 1 aromatic carbocycles. The minimum atomic E-state index is 0.881. The summed E-state index contributed by atoms with van der Waals surface area (Å²) in [5, 5.41) is 3.34. The zero-order chi connectivity index (χ0) is 10.4. The average molecular weight is 266 g/mol. The Morgan fingerprint density at radius 3 is 3.20 bits per heavy atom. The van der Waals surface area contributed by atoms with Crippen molar-refractivity contribution in [2.45, 2.75) is 20.0 Å². The summed E-state index contributed by atoms with van der Waals surface area (Å²) in [5.74, 6) is 1.15. The minimum Gasteiger partial charge on any atom is -0.325 e. The summed E-state index contributed by atoms with van der Waals surface area (Å²) in [6, 6.07) is 4.24. The highest BCUT2D eigenvalue weighted by molar-refractivity contribution is 9.10. The van der Waals surface area contributed by atoms with Crippen LogP contribution in [0.3, 0.4) is 0 Å². The van der Waals surface area contributed by atoms with Crippen molar-refractivity contribution in [2.75, 3.05) is 6.54 Å². The lowest BCUT2D eigenvalue weighted by molar-refractivity contribution is 0.514.